The Labute approximate surface area is 198 Å². The smallest absolute Gasteiger partial charge is 0.270 e. The molecule has 9 nitrogen and oxygen atoms in total. The Morgan fingerprint density at radius 2 is 1.94 bits per heavy atom. The summed E-state index contributed by atoms with van der Waals surface area (Å²) in [4.78, 5) is 27.1. The number of nitrogens with zero attached hydrogens (tertiary/aromatic N) is 4. The summed E-state index contributed by atoms with van der Waals surface area (Å²) >= 11 is 0. The summed E-state index contributed by atoms with van der Waals surface area (Å²) in [6.45, 7) is 4.58. The molecule has 2 aliphatic heterocycles. The van der Waals surface area contributed by atoms with Gasteiger partial charge in [-0.3, -0.25) is 4.79 Å². The summed E-state index contributed by atoms with van der Waals surface area (Å²) < 4.78 is 38.4. The fourth-order valence-electron chi connectivity index (χ4n) is 4.30. The Bertz CT molecular complexity index is 1230. The third-order valence-corrected chi connectivity index (χ3v) is 7.53. The molecule has 1 fully saturated rings. The first-order valence-electron chi connectivity index (χ1n) is 11.2. The number of carbonyl (C=O) groups is 1. The average Bonchev–Trinajstić information content (AvgIpc) is 3.29. The second kappa shape index (κ2) is 9.75. The van der Waals surface area contributed by atoms with E-state index in [1.54, 1.807) is 32.0 Å². The molecule has 0 bridgehead atoms. The third kappa shape index (κ3) is 5.58. The van der Waals surface area contributed by atoms with Crippen LogP contribution < -0.4 is 5.32 Å². The summed E-state index contributed by atoms with van der Waals surface area (Å²) in [5.74, 6) is -0.0140. The molecule has 4 rings (SSSR count). The van der Waals surface area contributed by atoms with Gasteiger partial charge in [0, 0.05) is 32.0 Å². The van der Waals surface area contributed by atoms with Gasteiger partial charge in [-0.1, -0.05) is 17.3 Å². The topological polar surface area (TPSA) is 114 Å². The van der Waals surface area contributed by atoms with Crippen molar-refractivity contribution in [3.05, 3.63) is 58.4 Å². The molecular formula is C23H28FN5O4S. The fraction of sp³-hybridized carbons (Fsp3) is 0.478. The number of hydrogen-bond acceptors (Lipinski definition) is 7. The second-order valence-corrected chi connectivity index (χ2v) is 10.8. The van der Waals surface area contributed by atoms with Crippen LogP contribution in [0.1, 0.15) is 52.4 Å². The van der Waals surface area contributed by atoms with Crippen LogP contribution >= 0.6 is 0 Å². The molecule has 0 radical (unpaired) electrons. The summed E-state index contributed by atoms with van der Waals surface area (Å²) in [5, 5.41) is 7.02. The van der Waals surface area contributed by atoms with Crippen molar-refractivity contribution in [1.29, 1.82) is 0 Å². The van der Waals surface area contributed by atoms with Gasteiger partial charge in [0.2, 0.25) is 10.0 Å². The van der Waals surface area contributed by atoms with Crippen molar-refractivity contribution in [3.63, 3.8) is 0 Å². The van der Waals surface area contributed by atoms with Gasteiger partial charge in [-0.2, -0.15) is 0 Å². The zero-order chi connectivity index (χ0) is 24.5. The quantitative estimate of drug-likeness (QED) is 0.666. The van der Waals surface area contributed by atoms with Gasteiger partial charge in [0.25, 0.3) is 5.91 Å². The maximum absolute atomic E-state index is 13.5. The molecule has 1 aromatic carbocycles. The first-order valence-corrected chi connectivity index (χ1v) is 13.0. The van der Waals surface area contributed by atoms with Crippen LogP contribution in [0.15, 0.2) is 29.4 Å². The molecule has 1 N–H and O–H groups in total. The van der Waals surface area contributed by atoms with E-state index in [4.69, 9.17) is 4.84 Å². The largest absolute Gasteiger partial charge is 0.391 e. The van der Waals surface area contributed by atoms with Crippen LogP contribution in [-0.2, 0) is 21.4 Å². The Morgan fingerprint density at radius 3 is 2.62 bits per heavy atom. The van der Waals surface area contributed by atoms with E-state index in [0.717, 1.165) is 5.56 Å². The predicted molar refractivity (Wildman–Crippen MR) is 124 cm³/mol. The highest BCUT2D eigenvalue weighted by molar-refractivity contribution is 7.88. The monoisotopic (exact) mass is 489 g/mol. The van der Waals surface area contributed by atoms with E-state index in [-0.39, 0.29) is 36.0 Å². The van der Waals surface area contributed by atoms with E-state index in [1.165, 1.54) is 16.6 Å². The Balaban J connectivity index is 1.38. The number of hydrogen-bond donors (Lipinski definition) is 1. The molecule has 0 spiro atoms. The van der Waals surface area contributed by atoms with E-state index in [1.807, 2.05) is 0 Å². The molecule has 0 saturated carbocycles. The zero-order valence-corrected chi connectivity index (χ0v) is 20.2. The Morgan fingerprint density at radius 1 is 1.21 bits per heavy atom. The van der Waals surface area contributed by atoms with Gasteiger partial charge < -0.3 is 10.2 Å². The SMILES string of the molecule is Cc1nc(C(=O)NCc2ccc(F)c(C)c2)cc(C2=NOC(C3CCN(S(C)(=O)=O)CC3)C2)n1. The van der Waals surface area contributed by atoms with E-state index < -0.39 is 10.0 Å². The highest BCUT2D eigenvalue weighted by Gasteiger charge is 2.35. The molecule has 1 aromatic heterocycles. The molecule has 2 aromatic rings. The summed E-state index contributed by atoms with van der Waals surface area (Å²) in [5.41, 5.74) is 2.70. The lowest BCUT2D eigenvalue weighted by molar-refractivity contribution is 0.0225. The van der Waals surface area contributed by atoms with Crippen LogP contribution in [0, 0.1) is 25.6 Å². The number of nitrogens with one attached hydrogen (secondary N) is 1. The number of oxime groups is 1. The molecule has 0 aliphatic carbocycles. The maximum atomic E-state index is 13.5. The van der Waals surface area contributed by atoms with Crippen LogP contribution in [-0.4, -0.2) is 59.8 Å². The van der Waals surface area contributed by atoms with Crippen molar-refractivity contribution in [3.8, 4) is 0 Å². The summed E-state index contributed by atoms with van der Waals surface area (Å²) in [6.07, 6.45) is 3.04. The zero-order valence-electron chi connectivity index (χ0n) is 19.4. The van der Waals surface area contributed by atoms with Crippen LogP contribution in [0.5, 0.6) is 0 Å². The number of amides is 1. The van der Waals surface area contributed by atoms with Crippen LogP contribution in [0.3, 0.4) is 0 Å². The number of rotatable bonds is 6. The minimum atomic E-state index is -3.18. The van der Waals surface area contributed by atoms with Gasteiger partial charge in [-0.25, -0.2) is 27.1 Å². The van der Waals surface area contributed by atoms with E-state index in [2.05, 4.69) is 20.4 Å². The van der Waals surface area contributed by atoms with E-state index in [0.29, 0.717) is 55.1 Å². The number of piperidine rings is 1. The van der Waals surface area contributed by atoms with Gasteiger partial charge in [-0.05, 0) is 49.9 Å². The van der Waals surface area contributed by atoms with Gasteiger partial charge in [-0.15, -0.1) is 0 Å². The maximum Gasteiger partial charge on any atom is 0.270 e. The highest BCUT2D eigenvalue weighted by Crippen LogP contribution is 2.30. The molecule has 1 saturated heterocycles. The van der Waals surface area contributed by atoms with Gasteiger partial charge in [0.15, 0.2) is 0 Å². The number of aryl methyl sites for hydroxylation is 2. The molecule has 34 heavy (non-hydrogen) atoms. The number of halogens is 1. The third-order valence-electron chi connectivity index (χ3n) is 6.23. The first kappa shape index (κ1) is 24.2. The van der Waals surface area contributed by atoms with Crippen LogP contribution in [0.25, 0.3) is 0 Å². The van der Waals surface area contributed by atoms with E-state index >= 15 is 0 Å². The molecule has 1 amide bonds. The van der Waals surface area contributed by atoms with Crippen molar-refractivity contribution >= 4 is 21.6 Å². The molecule has 182 valence electrons. The van der Waals surface area contributed by atoms with Crippen LogP contribution in [0.2, 0.25) is 0 Å². The Kier molecular flexibility index (Phi) is 6.94. The lowest BCUT2D eigenvalue weighted by Gasteiger charge is -2.32. The molecule has 1 unspecified atom stereocenters. The van der Waals surface area contributed by atoms with Crippen molar-refractivity contribution in [2.24, 2.45) is 11.1 Å². The van der Waals surface area contributed by atoms with Gasteiger partial charge >= 0.3 is 0 Å². The van der Waals surface area contributed by atoms with Gasteiger partial charge in [0.05, 0.1) is 11.9 Å². The molecule has 1 atom stereocenters. The number of sulfonamides is 1. The lowest BCUT2D eigenvalue weighted by atomic mass is 9.89. The number of aromatic nitrogens is 2. The summed E-state index contributed by atoms with van der Waals surface area (Å²) in [6, 6.07) is 6.29. The van der Waals surface area contributed by atoms with Gasteiger partial charge in [0.1, 0.15) is 29.2 Å². The van der Waals surface area contributed by atoms with Crippen molar-refractivity contribution in [2.75, 3.05) is 19.3 Å². The van der Waals surface area contributed by atoms with E-state index in [9.17, 15) is 17.6 Å². The van der Waals surface area contributed by atoms with Crippen LogP contribution in [0.4, 0.5) is 4.39 Å². The molecule has 11 heteroatoms. The first-order chi connectivity index (χ1) is 16.1. The average molecular weight is 490 g/mol. The number of benzene rings is 1. The second-order valence-electron chi connectivity index (χ2n) is 8.84. The highest BCUT2D eigenvalue weighted by atomic mass is 32.2. The van der Waals surface area contributed by atoms with Crippen molar-refractivity contribution in [1.82, 2.24) is 19.6 Å². The fourth-order valence-corrected chi connectivity index (χ4v) is 5.18. The van der Waals surface area contributed by atoms with Crippen molar-refractivity contribution < 1.29 is 22.4 Å². The Hall–Kier alpha value is -2.92. The minimum absolute atomic E-state index is 0.147. The van der Waals surface area contributed by atoms with Crippen molar-refractivity contribution in [2.45, 2.75) is 45.8 Å². The molecule has 2 aliphatic rings. The number of carbonyl (C=O) groups excluding carboxylic acids is 1. The normalized spacial score (nSPS) is 19.5. The lowest BCUT2D eigenvalue weighted by Crippen LogP contribution is -2.40. The minimum Gasteiger partial charge on any atom is -0.391 e. The predicted octanol–water partition coefficient (Wildman–Crippen LogP) is 2.33. The standard InChI is InChI=1S/C23H28FN5O4S/c1-14-10-16(4-5-18(14)24)13-25-23(30)21-11-19(26-15(2)27-21)20-12-22(33-28-20)17-6-8-29(9-7-17)34(3,31)32/h4-5,10-11,17,22H,6-9,12-13H2,1-3H3,(H,25,30). The summed E-state index contributed by atoms with van der Waals surface area (Å²) in [7, 11) is -3.18. The molecule has 3 heterocycles. The molecular weight excluding hydrogens is 461 g/mol.